The largest absolute Gasteiger partial charge is 0.497 e. The second kappa shape index (κ2) is 8.85. The molecule has 0 atom stereocenters. The summed E-state index contributed by atoms with van der Waals surface area (Å²) in [6.45, 7) is 2.77. The first-order valence-corrected chi connectivity index (χ1v) is 8.81. The summed E-state index contributed by atoms with van der Waals surface area (Å²) in [5.41, 5.74) is 3.26. The van der Waals surface area contributed by atoms with Crippen LogP contribution in [0.15, 0.2) is 66.9 Å². The molecule has 0 aliphatic rings. The molecule has 0 spiro atoms. The number of benzene rings is 2. The van der Waals surface area contributed by atoms with Crippen LogP contribution in [0.1, 0.15) is 22.8 Å². The molecule has 0 fully saturated rings. The van der Waals surface area contributed by atoms with E-state index in [1.54, 1.807) is 25.4 Å². The minimum Gasteiger partial charge on any atom is -0.497 e. The van der Waals surface area contributed by atoms with Crippen LogP contribution in [0.4, 0.5) is 0 Å². The number of pyridine rings is 1. The molecule has 2 aromatic carbocycles. The number of carbonyl (C=O) groups is 1. The summed E-state index contributed by atoms with van der Waals surface area (Å²) in [6, 6.07) is 18.8. The van der Waals surface area contributed by atoms with E-state index in [1.165, 1.54) is 0 Å². The number of amides is 1. The molecule has 138 valence electrons. The summed E-state index contributed by atoms with van der Waals surface area (Å²) >= 11 is 0. The molecule has 0 saturated carbocycles. The van der Waals surface area contributed by atoms with E-state index in [4.69, 9.17) is 9.47 Å². The number of rotatable bonds is 7. The summed E-state index contributed by atoms with van der Waals surface area (Å²) in [7, 11) is 1.64. The monoisotopic (exact) mass is 362 g/mol. The molecule has 0 aliphatic heterocycles. The van der Waals surface area contributed by atoms with Crippen molar-refractivity contribution in [2.45, 2.75) is 13.5 Å². The Morgan fingerprint density at radius 2 is 1.81 bits per heavy atom. The van der Waals surface area contributed by atoms with E-state index in [0.29, 0.717) is 24.5 Å². The first kappa shape index (κ1) is 18.5. The lowest BCUT2D eigenvalue weighted by molar-refractivity contribution is 0.0947. The predicted molar refractivity (Wildman–Crippen MR) is 105 cm³/mol. The normalized spacial score (nSPS) is 10.3. The van der Waals surface area contributed by atoms with Gasteiger partial charge >= 0.3 is 0 Å². The Labute approximate surface area is 159 Å². The topological polar surface area (TPSA) is 60.5 Å². The van der Waals surface area contributed by atoms with Gasteiger partial charge in [-0.15, -0.1) is 0 Å². The number of hydrogen-bond donors (Lipinski definition) is 1. The fraction of sp³-hybridized carbons (Fsp3) is 0.182. The maximum Gasteiger partial charge on any atom is 0.255 e. The van der Waals surface area contributed by atoms with Crippen LogP contribution in [-0.2, 0) is 6.54 Å². The highest BCUT2D eigenvalue weighted by Gasteiger charge is 2.13. The summed E-state index contributed by atoms with van der Waals surface area (Å²) in [5.74, 6) is 1.19. The van der Waals surface area contributed by atoms with Crippen LogP contribution in [0.3, 0.4) is 0 Å². The molecule has 1 amide bonds. The minimum absolute atomic E-state index is 0.177. The fourth-order valence-electron chi connectivity index (χ4n) is 2.80. The second-order valence-electron chi connectivity index (χ2n) is 5.85. The number of nitrogens with zero attached hydrogens (tertiary/aromatic N) is 1. The molecule has 0 aliphatic carbocycles. The van der Waals surface area contributed by atoms with Gasteiger partial charge in [-0.3, -0.25) is 9.78 Å². The van der Waals surface area contributed by atoms with Crippen molar-refractivity contribution in [2.24, 2.45) is 0 Å². The molecule has 1 aromatic heterocycles. The fourth-order valence-corrected chi connectivity index (χ4v) is 2.80. The number of hydrogen-bond acceptors (Lipinski definition) is 4. The van der Waals surface area contributed by atoms with Crippen molar-refractivity contribution in [1.82, 2.24) is 10.3 Å². The lowest BCUT2D eigenvalue weighted by atomic mass is 10.1. The van der Waals surface area contributed by atoms with Crippen molar-refractivity contribution in [2.75, 3.05) is 13.7 Å². The maximum atomic E-state index is 12.6. The minimum atomic E-state index is -0.177. The van der Waals surface area contributed by atoms with Crippen LogP contribution in [0.2, 0.25) is 0 Å². The third kappa shape index (κ3) is 4.44. The average molecular weight is 362 g/mol. The molecule has 3 aromatic rings. The van der Waals surface area contributed by atoms with Gasteiger partial charge in [-0.25, -0.2) is 0 Å². The van der Waals surface area contributed by atoms with Crippen LogP contribution in [0.5, 0.6) is 11.5 Å². The van der Waals surface area contributed by atoms with Crippen LogP contribution < -0.4 is 14.8 Å². The third-order valence-electron chi connectivity index (χ3n) is 4.13. The van der Waals surface area contributed by atoms with Crippen LogP contribution in [0, 0.1) is 0 Å². The molecule has 0 saturated heterocycles. The third-order valence-corrected chi connectivity index (χ3v) is 4.13. The van der Waals surface area contributed by atoms with Crippen molar-refractivity contribution in [3.8, 4) is 22.8 Å². The zero-order chi connectivity index (χ0) is 19.1. The van der Waals surface area contributed by atoms with E-state index in [-0.39, 0.29) is 5.91 Å². The highest BCUT2D eigenvalue weighted by molar-refractivity contribution is 5.96. The van der Waals surface area contributed by atoms with Gasteiger partial charge in [0.05, 0.1) is 25.0 Å². The number of ether oxygens (including phenoxy) is 2. The van der Waals surface area contributed by atoms with Crippen LogP contribution >= 0.6 is 0 Å². The summed E-state index contributed by atoms with van der Waals surface area (Å²) in [4.78, 5) is 17.1. The molecule has 0 bridgehead atoms. The molecule has 0 unspecified atom stereocenters. The zero-order valence-electron chi connectivity index (χ0n) is 15.4. The Morgan fingerprint density at radius 3 is 2.56 bits per heavy atom. The average Bonchev–Trinajstić information content (AvgIpc) is 2.73. The quantitative estimate of drug-likeness (QED) is 0.688. The summed E-state index contributed by atoms with van der Waals surface area (Å²) in [6.07, 6.45) is 1.75. The molecule has 5 heteroatoms. The lowest BCUT2D eigenvalue weighted by Gasteiger charge is -2.12. The van der Waals surface area contributed by atoms with E-state index in [9.17, 15) is 4.79 Å². The molecule has 1 N–H and O–H groups in total. The molecule has 5 nitrogen and oxygen atoms in total. The van der Waals surface area contributed by atoms with Gasteiger partial charge in [-0.1, -0.05) is 18.2 Å². The molecule has 27 heavy (non-hydrogen) atoms. The lowest BCUT2D eigenvalue weighted by Crippen LogP contribution is -2.24. The summed E-state index contributed by atoms with van der Waals surface area (Å²) < 4.78 is 10.7. The van der Waals surface area contributed by atoms with Crippen LogP contribution in [0.25, 0.3) is 11.3 Å². The van der Waals surface area contributed by atoms with Gasteiger partial charge in [-0.05, 0) is 55.0 Å². The predicted octanol–water partition coefficient (Wildman–Crippen LogP) is 4.09. The van der Waals surface area contributed by atoms with Crippen molar-refractivity contribution in [1.29, 1.82) is 0 Å². The van der Waals surface area contributed by atoms with E-state index in [1.807, 2.05) is 55.5 Å². The number of carbonyl (C=O) groups excluding carboxylic acids is 1. The number of para-hydroxylation sites is 1. The Kier molecular flexibility index (Phi) is 6.05. The summed E-state index contributed by atoms with van der Waals surface area (Å²) in [5, 5.41) is 2.96. The van der Waals surface area contributed by atoms with Gasteiger partial charge in [-0.2, -0.15) is 0 Å². The second-order valence-corrected chi connectivity index (χ2v) is 5.85. The Bertz CT molecular complexity index is 907. The van der Waals surface area contributed by atoms with Crippen molar-refractivity contribution < 1.29 is 14.3 Å². The highest BCUT2D eigenvalue weighted by atomic mass is 16.5. The maximum absolute atomic E-state index is 12.6. The molecular formula is C22H22N2O3. The van der Waals surface area contributed by atoms with Crippen LogP contribution in [-0.4, -0.2) is 24.6 Å². The number of nitrogens with one attached hydrogen (secondary N) is 1. The zero-order valence-corrected chi connectivity index (χ0v) is 15.4. The van der Waals surface area contributed by atoms with E-state index < -0.39 is 0 Å². The van der Waals surface area contributed by atoms with Gasteiger partial charge in [0.2, 0.25) is 0 Å². The smallest absolute Gasteiger partial charge is 0.255 e. The molecule has 1 heterocycles. The number of methoxy groups -OCH3 is 1. The van der Waals surface area contributed by atoms with E-state index in [0.717, 1.165) is 22.6 Å². The van der Waals surface area contributed by atoms with Gasteiger partial charge in [0.15, 0.2) is 0 Å². The molecule has 0 radical (unpaired) electrons. The molecular weight excluding hydrogens is 340 g/mol. The van der Waals surface area contributed by atoms with E-state index >= 15 is 0 Å². The first-order chi connectivity index (χ1) is 13.2. The highest BCUT2D eigenvalue weighted by Crippen LogP contribution is 2.24. The first-order valence-electron chi connectivity index (χ1n) is 8.81. The Balaban J connectivity index is 1.78. The van der Waals surface area contributed by atoms with Crippen molar-refractivity contribution in [3.05, 3.63) is 78.0 Å². The van der Waals surface area contributed by atoms with E-state index in [2.05, 4.69) is 10.3 Å². The van der Waals surface area contributed by atoms with Gasteiger partial charge in [0, 0.05) is 18.3 Å². The van der Waals surface area contributed by atoms with Gasteiger partial charge in [0.1, 0.15) is 11.5 Å². The van der Waals surface area contributed by atoms with Gasteiger partial charge in [0.25, 0.3) is 5.91 Å². The number of aromatic nitrogens is 1. The standard InChI is InChI=1S/C22H22N2O3/c1-3-27-20-9-5-4-8-19(20)22(25)24-15-17-7-6-14-23-21(17)16-10-12-18(26-2)13-11-16/h4-14H,3,15H2,1-2H3,(H,24,25). The SMILES string of the molecule is CCOc1ccccc1C(=O)NCc1cccnc1-c1ccc(OC)cc1. The van der Waals surface area contributed by atoms with Crippen molar-refractivity contribution in [3.63, 3.8) is 0 Å². The van der Waals surface area contributed by atoms with Crippen molar-refractivity contribution >= 4 is 5.91 Å². The Hall–Kier alpha value is -3.34. The Morgan fingerprint density at radius 1 is 1.04 bits per heavy atom. The molecule has 3 rings (SSSR count). The van der Waals surface area contributed by atoms with Gasteiger partial charge < -0.3 is 14.8 Å².